The minimum atomic E-state index is -1.34. The van der Waals surface area contributed by atoms with E-state index in [-0.39, 0.29) is 19.3 Å². The van der Waals surface area contributed by atoms with Gasteiger partial charge in [-0.15, -0.1) is 0 Å². The van der Waals surface area contributed by atoms with Crippen molar-refractivity contribution in [2.24, 2.45) is 5.41 Å². The Morgan fingerprint density at radius 3 is 2.14 bits per heavy atom. The minimum Gasteiger partial charge on any atom is -0.393 e. The maximum absolute atomic E-state index is 12.6. The van der Waals surface area contributed by atoms with Crippen molar-refractivity contribution < 1.29 is 23.9 Å². The molecule has 0 atom stereocenters. The van der Waals surface area contributed by atoms with E-state index in [1.54, 1.807) is 0 Å². The van der Waals surface area contributed by atoms with Crippen LogP contribution in [0.4, 0.5) is 5.69 Å². The first-order valence-corrected chi connectivity index (χ1v) is 6.56. The first-order valence-electron chi connectivity index (χ1n) is 6.56. The van der Waals surface area contributed by atoms with Crippen molar-refractivity contribution in [2.45, 2.75) is 19.3 Å². The predicted molar refractivity (Wildman–Crippen MR) is 71.0 cm³/mol. The molecule has 3 rings (SSSR count). The summed E-state index contributed by atoms with van der Waals surface area (Å²) in [6.45, 7) is 0. The van der Waals surface area contributed by atoms with E-state index in [2.05, 4.69) is 4.74 Å². The lowest BCUT2D eigenvalue weighted by atomic mass is 9.78. The molecule has 0 aromatic heterocycles. The molecule has 2 fully saturated rings. The lowest BCUT2D eigenvalue weighted by molar-refractivity contribution is -0.171. The standard InChI is InChI=1S/C15H10N2O5/c16-8-9-1-3-10(4-2-9)17-11(18)5-15(14(17)21)6-12(19)22-13(20)7-15/h1-4H,5-7H2. The number of rotatable bonds is 1. The molecule has 1 aromatic carbocycles. The Morgan fingerprint density at radius 2 is 1.59 bits per heavy atom. The molecule has 0 N–H and O–H groups in total. The topological polar surface area (TPSA) is 105 Å². The molecule has 110 valence electrons. The number of carbonyl (C=O) groups excluding carboxylic acids is 4. The number of nitrogens with zero attached hydrogens (tertiary/aromatic N) is 2. The van der Waals surface area contributed by atoms with Crippen molar-refractivity contribution in [3.63, 3.8) is 0 Å². The third kappa shape index (κ3) is 2.05. The molecule has 0 unspecified atom stereocenters. The van der Waals surface area contributed by atoms with Crippen LogP contribution in [0, 0.1) is 16.7 Å². The smallest absolute Gasteiger partial charge is 0.314 e. The molecular formula is C15H10N2O5. The van der Waals surface area contributed by atoms with E-state index >= 15 is 0 Å². The summed E-state index contributed by atoms with van der Waals surface area (Å²) < 4.78 is 4.43. The number of imide groups is 1. The molecule has 0 bridgehead atoms. The van der Waals surface area contributed by atoms with Crippen LogP contribution in [0.5, 0.6) is 0 Å². The molecule has 2 saturated heterocycles. The normalized spacial score (nSPS) is 20.2. The summed E-state index contributed by atoms with van der Waals surface area (Å²) in [7, 11) is 0. The zero-order chi connectivity index (χ0) is 15.9. The average molecular weight is 298 g/mol. The van der Waals surface area contributed by atoms with E-state index in [9.17, 15) is 19.2 Å². The van der Waals surface area contributed by atoms with Crippen LogP contribution in [0.2, 0.25) is 0 Å². The third-order valence-electron chi connectivity index (χ3n) is 3.84. The van der Waals surface area contributed by atoms with Gasteiger partial charge in [-0.25, -0.2) is 0 Å². The number of hydrogen-bond acceptors (Lipinski definition) is 6. The van der Waals surface area contributed by atoms with Gasteiger partial charge in [0.15, 0.2) is 0 Å². The Bertz CT molecular complexity index is 728. The first-order chi connectivity index (χ1) is 10.4. The Labute approximate surface area is 125 Å². The van der Waals surface area contributed by atoms with E-state index in [1.807, 2.05) is 6.07 Å². The quantitative estimate of drug-likeness (QED) is 0.429. The van der Waals surface area contributed by atoms with Gasteiger partial charge < -0.3 is 4.74 Å². The summed E-state index contributed by atoms with van der Waals surface area (Å²) >= 11 is 0. The average Bonchev–Trinajstić information content (AvgIpc) is 2.68. The van der Waals surface area contributed by atoms with Gasteiger partial charge in [-0.3, -0.25) is 24.1 Å². The van der Waals surface area contributed by atoms with Crippen LogP contribution in [-0.2, 0) is 23.9 Å². The summed E-state index contributed by atoms with van der Waals surface area (Å²) in [6, 6.07) is 7.88. The lowest BCUT2D eigenvalue weighted by Crippen LogP contribution is -2.42. The highest BCUT2D eigenvalue weighted by molar-refractivity contribution is 6.24. The second-order valence-corrected chi connectivity index (χ2v) is 5.35. The zero-order valence-electron chi connectivity index (χ0n) is 11.4. The van der Waals surface area contributed by atoms with Gasteiger partial charge in [0.25, 0.3) is 0 Å². The summed E-state index contributed by atoms with van der Waals surface area (Å²) in [5, 5.41) is 8.77. The monoisotopic (exact) mass is 298 g/mol. The van der Waals surface area contributed by atoms with Crippen molar-refractivity contribution in [3.8, 4) is 6.07 Å². The molecule has 1 aromatic rings. The van der Waals surface area contributed by atoms with Gasteiger partial charge in [-0.1, -0.05) is 0 Å². The maximum Gasteiger partial charge on any atom is 0.314 e. The van der Waals surface area contributed by atoms with Gasteiger partial charge in [0, 0.05) is 6.42 Å². The van der Waals surface area contributed by atoms with Gasteiger partial charge in [-0.2, -0.15) is 5.26 Å². The van der Waals surface area contributed by atoms with Crippen LogP contribution in [0.15, 0.2) is 24.3 Å². The molecule has 2 aliphatic heterocycles. The minimum absolute atomic E-state index is 0.202. The molecule has 7 heteroatoms. The Kier molecular flexibility index (Phi) is 3.03. The largest absolute Gasteiger partial charge is 0.393 e. The summed E-state index contributed by atoms with van der Waals surface area (Å²) in [5.74, 6) is -2.64. The summed E-state index contributed by atoms with van der Waals surface area (Å²) in [6.07, 6.45) is -0.765. The van der Waals surface area contributed by atoms with E-state index in [1.165, 1.54) is 24.3 Å². The van der Waals surface area contributed by atoms with Crippen LogP contribution < -0.4 is 4.90 Å². The van der Waals surface area contributed by atoms with E-state index < -0.39 is 29.2 Å². The van der Waals surface area contributed by atoms with Crippen LogP contribution in [0.1, 0.15) is 24.8 Å². The Morgan fingerprint density at radius 1 is 1.00 bits per heavy atom. The molecule has 2 aliphatic rings. The zero-order valence-corrected chi connectivity index (χ0v) is 11.4. The molecule has 2 amide bonds. The highest BCUT2D eigenvalue weighted by atomic mass is 16.6. The molecule has 0 saturated carbocycles. The van der Waals surface area contributed by atoms with E-state index in [0.717, 1.165) is 4.90 Å². The molecule has 2 heterocycles. The van der Waals surface area contributed by atoms with Crippen molar-refractivity contribution in [1.29, 1.82) is 5.26 Å². The van der Waals surface area contributed by atoms with Gasteiger partial charge in [-0.05, 0) is 24.3 Å². The summed E-state index contributed by atoms with van der Waals surface area (Å²) in [4.78, 5) is 48.7. The highest BCUT2D eigenvalue weighted by Gasteiger charge is 2.56. The van der Waals surface area contributed by atoms with Gasteiger partial charge in [0.05, 0.1) is 35.6 Å². The van der Waals surface area contributed by atoms with Gasteiger partial charge in [0.1, 0.15) is 0 Å². The van der Waals surface area contributed by atoms with Crippen LogP contribution >= 0.6 is 0 Å². The fraction of sp³-hybridized carbons (Fsp3) is 0.267. The number of nitriles is 1. The molecular weight excluding hydrogens is 288 g/mol. The van der Waals surface area contributed by atoms with Crippen molar-refractivity contribution in [2.75, 3.05) is 4.90 Å². The van der Waals surface area contributed by atoms with Crippen molar-refractivity contribution >= 4 is 29.4 Å². The fourth-order valence-corrected chi connectivity index (χ4v) is 2.83. The number of benzene rings is 1. The van der Waals surface area contributed by atoms with E-state index in [4.69, 9.17) is 5.26 Å². The first kappa shape index (κ1) is 13.9. The number of amides is 2. The third-order valence-corrected chi connectivity index (χ3v) is 3.84. The second-order valence-electron chi connectivity index (χ2n) is 5.35. The van der Waals surface area contributed by atoms with Crippen LogP contribution in [0.3, 0.4) is 0 Å². The predicted octanol–water partition coefficient (Wildman–Crippen LogP) is 0.672. The fourth-order valence-electron chi connectivity index (χ4n) is 2.83. The number of anilines is 1. The SMILES string of the molecule is N#Cc1ccc(N2C(=O)CC3(CC(=O)OC(=O)C3)C2=O)cc1. The number of ether oxygens (including phenoxy) is 1. The molecule has 1 spiro atoms. The van der Waals surface area contributed by atoms with Crippen molar-refractivity contribution in [3.05, 3.63) is 29.8 Å². The summed E-state index contributed by atoms with van der Waals surface area (Å²) in [5.41, 5.74) is -0.622. The lowest BCUT2D eigenvalue weighted by Gasteiger charge is -2.28. The number of cyclic esters (lactones) is 2. The second kappa shape index (κ2) is 4.77. The van der Waals surface area contributed by atoms with E-state index in [0.29, 0.717) is 11.3 Å². The number of carbonyl (C=O) groups is 4. The van der Waals surface area contributed by atoms with Crippen molar-refractivity contribution in [1.82, 2.24) is 0 Å². The molecule has 0 radical (unpaired) electrons. The number of hydrogen-bond donors (Lipinski definition) is 0. The Balaban J connectivity index is 1.96. The molecule has 7 nitrogen and oxygen atoms in total. The molecule has 0 aliphatic carbocycles. The Hall–Kier alpha value is -3.01. The maximum atomic E-state index is 12.6. The van der Waals surface area contributed by atoms with Gasteiger partial charge in [0.2, 0.25) is 11.8 Å². The van der Waals surface area contributed by atoms with Crippen LogP contribution in [0.25, 0.3) is 0 Å². The highest BCUT2D eigenvalue weighted by Crippen LogP contribution is 2.44. The van der Waals surface area contributed by atoms with Crippen LogP contribution in [-0.4, -0.2) is 23.8 Å². The molecule has 22 heavy (non-hydrogen) atoms. The number of esters is 2. The van der Waals surface area contributed by atoms with Gasteiger partial charge >= 0.3 is 11.9 Å².